The van der Waals surface area contributed by atoms with E-state index in [2.05, 4.69) is 34.7 Å². The number of rotatable bonds is 11. The molecule has 1 heterocycles. The van der Waals surface area contributed by atoms with Crippen LogP contribution < -0.4 is 5.32 Å². The van der Waals surface area contributed by atoms with Gasteiger partial charge in [-0.05, 0) is 65.7 Å². The molecule has 0 spiro atoms. The van der Waals surface area contributed by atoms with Crippen LogP contribution in [0, 0.1) is 0 Å². The second-order valence-electron chi connectivity index (χ2n) is 8.64. The van der Waals surface area contributed by atoms with Gasteiger partial charge in [0.2, 0.25) is 16.5 Å². The lowest BCUT2D eigenvalue weighted by molar-refractivity contribution is 0.284. The van der Waals surface area contributed by atoms with E-state index in [-0.39, 0.29) is 32.8 Å². The van der Waals surface area contributed by atoms with Crippen LogP contribution in [-0.4, -0.2) is 79.7 Å². The SMILES string of the molecule is O=S(=O)(O)OCCS(=O)(=O)c1ccc(/N=N/c2c(S(=O)(=O)O)cc3c(S(=O)(=O)O)ccc(Nc4nc(Cl)nc(Cl)n4)c3c2O)cc1. The highest BCUT2D eigenvalue weighted by Crippen LogP contribution is 2.46. The lowest BCUT2D eigenvalue weighted by Gasteiger charge is -2.15. The number of hydrogen-bond donors (Lipinski definition) is 5. The molecule has 0 saturated carbocycles. The summed E-state index contributed by atoms with van der Waals surface area (Å²) in [6.45, 7) is -0.883. The lowest BCUT2D eigenvalue weighted by atomic mass is 10.1. The molecular formula is C21H16Cl2N6O13S4. The van der Waals surface area contributed by atoms with Gasteiger partial charge in [0, 0.05) is 5.39 Å². The van der Waals surface area contributed by atoms with Crippen molar-refractivity contribution in [2.75, 3.05) is 17.7 Å². The normalized spacial score (nSPS) is 13.0. The fourth-order valence-corrected chi connectivity index (χ4v) is 6.93. The average Bonchev–Trinajstić information content (AvgIpc) is 2.90. The summed E-state index contributed by atoms with van der Waals surface area (Å²) in [5.41, 5.74) is -1.26. The van der Waals surface area contributed by atoms with Gasteiger partial charge in [-0.3, -0.25) is 13.7 Å². The first-order valence-electron chi connectivity index (χ1n) is 11.6. The molecule has 0 aliphatic rings. The first kappa shape index (κ1) is 35.2. The summed E-state index contributed by atoms with van der Waals surface area (Å²) in [5, 5.41) is 19.4. The predicted octanol–water partition coefficient (Wildman–Crippen LogP) is 3.28. The van der Waals surface area contributed by atoms with Crippen molar-refractivity contribution in [3.8, 4) is 5.75 Å². The Balaban J connectivity index is 1.84. The first-order valence-corrected chi connectivity index (χ1v) is 18.3. The van der Waals surface area contributed by atoms with E-state index < -0.39 is 84.8 Å². The molecule has 25 heteroatoms. The summed E-state index contributed by atoms with van der Waals surface area (Å²) in [6, 6.07) is 6.67. The van der Waals surface area contributed by atoms with E-state index in [0.717, 1.165) is 36.4 Å². The summed E-state index contributed by atoms with van der Waals surface area (Å²) in [6.07, 6.45) is 0. The molecule has 4 aromatic rings. The van der Waals surface area contributed by atoms with Gasteiger partial charge >= 0.3 is 10.4 Å². The lowest BCUT2D eigenvalue weighted by Crippen LogP contribution is -2.15. The van der Waals surface area contributed by atoms with Crippen LogP contribution >= 0.6 is 23.2 Å². The molecular weight excluding hydrogens is 743 g/mol. The standard InChI is InChI=1S/C21H16Cl2N6O13S4/c22-19-25-20(23)27-21(26-19)24-13-5-6-14(44(33,34)35)12-9-15(45(36,37)38)17(18(30)16(12)13)29-28-10-1-3-11(4-2-10)43(31,32)8-7-42-46(39,40)41/h1-6,9,30H,7-8H2,(H,33,34,35)(H,36,37,38)(H,39,40,41)(H,24,25,26,27)/b29-28+. The van der Waals surface area contributed by atoms with Crippen LogP contribution in [0.15, 0.2) is 67.4 Å². The predicted molar refractivity (Wildman–Crippen MR) is 159 cm³/mol. The van der Waals surface area contributed by atoms with Crippen molar-refractivity contribution in [2.45, 2.75) is 14.7 Å². The maximum Gasteiger partial charge on any atom is 0.397 e. The monoisotopic (exact) mass is 758 g/mol. The number of nitrogens with one attached hydrogen (secondary N) is 1. The van der Waals surface area contributed by atoms with E-state index >= 15 is 0 Å². The fourth-order valence-electron chi connectivity index (χ4n) is 3.75. The number of nitrogens with zero attached hydrogens (tertiary/aromatic N) is 5. The number of aromatic nitrogens is 3. The Morgan fingerprint density at radius 1 is 0.783 bits per heavy atom. The average molecular weight is 760 g/mol. The van der Waals surface area contributed by atoms with Gasteiger partial charge in [0.25, 0.3) is 20.2 Å². The van der Waals surface area contributed by atoms with E-state index in [4.69, 9.17) is 27.8 Å². The number of anilines is 2. The van der Waals surface area contributed by atoms with Crippen LogP contribution in [0.5, 0.6) is 5.75 Å². The molecule has 5 N–H and O–H groups in total. The highest BCUT2D eigenvalue weighted by Gasteiger charge is 2.28. The van der Waals surface area contributed by atoms with E-state index in [1.54, 1.807) is 0 Å². The van der Waals surface area contributed by atoms with Gasteiger partial charge in [-0.15, -0.1) is 5.11 Å². The number of phenolic OH excluding ortho intramolecular Hbond substituents is 1. The van der Waals surface area contributed by atoms with Crippen molar-refractivity contribution < 1.29 is 56.6 Å². The molecule has 0 radical (unpaired) electrons. The maximum absolute atomic E-state index is 12.4. The van der Waals surface area contributed by atoms with Gasteiger partial charge in [-0.2, -0.15) is 45.3 Å². The van der Waals surface area contributed by atoms with Crippen LogP contribution in [0.4, 0.5) is 23.0 Å². The molecule has 46 heavy (non-hydrogen) atoms. The van der Waals surface area contributed by atoms with Crippen molar-refractivity contribution in [2.24, 2.45) is 10.2 Å². The molecule has 0 saturated heterocycles. The van der Waals surface area contributed by atoms with Crippen LogP contribution in [0.25, 0.3) is 10.8 Å². The van der Waals surface area contributed by atoms with Crippen LogP contribution in [0.3, 0.4) is 0 Å². The second kappa shape index (κ2) is 12.9. The van der Waals surface area contributed by atoms with Crippen LogP contribution in [0.2, 0.25) is 10.6 Å². The molecule has 1 aromatic heterocycles. The fraction of sp³-hybridized carbons (Fsp3) is 0.0952. The van der Waals surface area contributed by atoms with Crippen molar-refractivity contribution in [3.63, 3.8) is 0 Å². The summed E-state index contributed by atoms with van der Waals surface area (Å²) in [5.74, 6) is -2.22. The summed E-state index contributed by atoms with van der Waals surface area (Å²) in [7, 11) is -19.3. The molecule has 19 nitrogen and oxygen atoms in total. The number of aromatic hydroxyl groups is 1. The highest BCUT2D eigenvalue weighted by molar-refractivity contribution is 7.91. The van der Waals surface area contributed by atoms with Crippen molar-refractivity contribution in [3.05, 3.63) is 53.0 Å². The van der Waals surface area contributed by atoms with Gasteiger partial charge < -0.3 is 10.4 Å². The molecule has 0 aliphatic carbocycles. The summed E-state index contributed by atoms with van der Waals surface area (Å²) in [4.78, 5) is 8.76. The Labute approximate surface area is 269 Å². The zero-order valence-electron chi connectivity index (χ0n) is 22.0. The summed E-state index contributed by atoms with van der Waals surface area (Å²) >= 11 is 11.6. The molecule has 0 amide bonds. The van der Waals surface area contributed by atoms with E-state index in [0.29, 0.717) is 6.07 Å². The third-order valence-electron chi connectivity index (χ3n) is 5.60. The van der Waals surface area contributed by atoms with E-state index in [9.17, 15) is 47.9 Å². The minimum absolute atomic E-state index is 0.131. The highest BCUT2D eigenvalue weighted by atomic mass is 35.5. The number of hydrogen-bond acceptors (Lipinski definition) is 16. The molecule has 3 aromatic carbocycles. The topological polar surface area (TPSA) is 302 Å². The van der Waals surface area contributed by atoms with Crippen LogP contribution in [0.1, 0.15) is 0 Å². The maximum atomic E-state index is 12.4. The first-order chi connectivity index (χ1) is 21.2. The second-order valence-corrected chi connectivity index (χ2v) is 15.3. The van der Waals surface area contributed by atoms with E-state index in [1.807, 2.05) is 0 Å². The Morgan fingerprint density at radius 2 is 1.37 bits per heavy atom. The van der Waals surface area contributed by atoms with Gasteiger partial charge in [-0.25, -0.2) is 12.6 Å². The third kappa shape index (κ3) is 8.38. The van der Waals surface area contributed by atoms with E-state index in [1.165, 1.54) is 0 Å². The van der Waals surface area contributed by atoms with Crippen molar-refractivity contribution in [1.29, 1.82) is 0 Å². The van der Waals surface area contributed by atoms with Crippen LogP contribution in [-0.2, 0) is 44.7 Å². The molecule has 0 unspecified atom stereocenters. The zero-order valence-corrected chi connectivity index (χ0v) is 26.8. The molecule has 0 atom stereocenters. The minimum atomic E-state index is -5.27. The number of benzene rings is 3. The molecule has 0 bridgehead atoms. The zero-order chi connectivity index (χ0) is 34.2. The quantitative estimate of drug-likeness (QED) is 0.108. The number of azo groups is 1. The molecule has 246 valence electrons. The number of sulfone groups is 1. The summed E-state index contributed by atoms with van der Waals surface area (Å²) < 4.78 is 127. The number of halogens is 2. The third-order valence-corrected chi connectivity index (χ3v) is 9.88. The van der Waals surface area contributed by atoms with Gasteiger partial charge in [-0.1, -0.05) is 0 Å². The smallest absolute Gasteiger partial charge is 0.397 e. The number of fused-ring (bicyclic) bond motifs is 1. The largest absolute Gasteiger partial charge is 0.505 e. The van der Waals surface area contributed by atoms with Gasteiger partial charge in [0.1, 0.15) is 15.5 Å². The van der Waals surface area contributed by atoms with Gasteiger partial charge in [0.15, 0.2) is 15.6 Å². The number of phenols is 1. The molecule has 0 fully saturated rings. The Kier molecular flexibility index (Phi) is 9.84. The Bertz CT molecular complexity index is 2320. The van der Waals surface area contributed by atoms with Crippen molar-refractivity contribution in [1.82, 2.24) is 15.0 Å². The molecule has 4 rings (SSSR count). The van der Waals surface area contributed by atoms with Crippen molar-refractivity contribution >= 4 is 97.5 Å². The Morgan fingerprint density at radius 3 is 1.91 bits per heavy atom. The Hall–Kier alpha value is -3.65. The minimum Gasteiger partial charge on any atom is -0.505 e. The molecule has 0 aliphatic heterocycles. The van der Waals surface area contributed by atoms with Gasteiger partial charge in [0.05, 0.1) is 34.0 Å².